The highest BCUT2D eigenvalue weighted by Crippen LogP contribution is 2.40. The molecule has 1 aromatic heterocycles. The Morgan fingerprint density at radius 2 is 2.04 bits per heavy atom. The Morgan fingerprint density at radius 1 is 1.30 bits per heavy atom. The van der Waals surface area contributed by atoms with Crippen LogP contribution in [0.1, 0.15) is 54.9 Å². The molecule has 0 spiro atoms. The quantitative estimate of drug-likeness (QED) is 0.397. The number of hydrogen-bond acceptors (Lipinski definition) is 4. The van der Waals surface area contributed by atoms with E-state index in [0.717, 1.165) is 51.0 Å². The number of rotatable bonds is 10. The van der Waals surface area contributed by atoms with Crippen molar-refractivity contribution in [2.75, 3.05) is 44.6 Å². The minimum absolute atomic E-state index is 0.0539. The summed E-state index contributed by atoms with van der Waals surface area (Å²) >= 11 is 1.55. The number of esters is 1. The SMILES string of the molecule is CCOC(=O)c1c(NC(=O)C[NH2+]CC[NH+](CC)CC)sc2c1CC[C@@H](C)C2. The van der Waals surface area contributed by atoms with E-state index in [1.165, 1.54) is 9.78 Å². The summed E-state index contributed by atoms with van der Waals surface area (Å²) in [5.41, 5.74) is 1.67. The second-order valence-electron chi connectivity index (χ2n) is 7.31. The maximum atomic E-state index is 12.5. The predicted molar refractivity (Wildman–Crippen MR) is 109 cm³/mol. The summed E-state index contributed by atoms with van der Waals surface area (Å²) in [5, 5.41) is 5.69. The third-order valence-electron chi connectivity index (χ3n) is 5.28. The molecule has 0 aromatic carbocycles. The number of nitrogens with two attached hydrogens (primary N) is 1. The van der Waals surface area contributed by atoms with E-state index in [1.807, 2.05) is 12.2 Å². The highest BCUT2D eigenvalue weighted by Gasteiger charge is 2.29. The van der Waals surface area contributed by atoms with Crippen molar-refractivity contribution in [3.8, 4) is 0 Å². The van der Waals surface area contributed by atoms with E-state index in [9.17, 15) is 9.59 Å². The molecule has 1 heterocycles. The molecule has 1 aliphatic carbocycles. The maximum Gasteiger partial charge on any atom is 0.341 e. The van der Waals surface area contributed by atoms with E-state index in [0.29, 0.717) is 29.6 Å². The predicted octanol–water partition coefficient (Wildman–Crippen LogP) is 0.476. The fraction of sp³-hybridized carbons (Fsp3) is 0.700. The molecule has 0 radical (unpaired) electrons. The Kier molecular flexibility index (Phi) is 8.73. The number of fused-ring (bicyclic) bond motifs is 1. The number of nitrogens with one attached hydrogen (secondary N) is 2. The lowest BCUT2D eigenvalue weighted by atomic mass is 9.88. The topological polar surface area (TPSA) is 76.4 Å². The Hall–Kier alpha value is -1.44. The summed E-state index contributed by atoms with van der Waals surface area (Å²) in [5.74, 6) is 0.251. The van der Waals surface area contributed by atoms with Crippen LogP contribution in [0.2, 0.25) is 0 Å². The Morgan fingerprint density at radius 3 is 2.70 bits per heavy atom. The molecule has 0 saturated carbocycles. The number of thiophene rings is 1. The van der Waals surface area contributed by atoms with Crippen molar-refractivity contribution < 1.29 is 24.5 Å². The van der Waals surface area contributed by atoms with Crippen molar-refractivity contribution in [2.24, 2.45) is 5.92 Å². The molecule has 2 rings (SSSR count). The van der Waals surface area contributed by atoms with Crippen LogP contribution in [0.5, 0.6) is 0 Å². The van der Waals surface area contributed by atoms with Crippen LogP contribution >= 0.6 is 11.3 Å². The van der Waals surface area contributed by atoms with E-state index < -0.39 is 0 Å². The molecule has 1 aromatic rings. The lowest BCUT2D eigenvalue weighted by Gasteiger charge is -2.18. The van der Waals surface area contributed by atoms with Gasteiger partial charge in [0.05, 0.1) is 25.3 Å². The highest BCUT2D eigenvalue weighted by atomic mass is 32.1. The van der Waals surface area contributed by atoms with Crippen molar-refractivity contribution in [1.82, 2.24) is 0 Å². The zero-order chi connectivity index (χ0) is 19.8. The first-order chi connectivity index (χ1) is 13.0. The third kappa shape index (κ3) is 6.02. The van der Waals surface area contributed by atoms with Crippen LogP contribution in [0.15, 0.2) is 0 Å². The summed E-state index contributed by atoms with van der Waals surface area (Å²) in [4.78, 5) is 27.7. The van der Waals surface area contributed by atoms with Gasteiger partial charge in [0.2, 0.25) is 0 Å². The van der Waals surface area contributed by atoms with Crippen molar-refractivity contribution in [3.63, 3.8) is 0 Å². The zero-order valence-corrected chi connectivity index (χ0v) is 18.0. The van der Waals surface area contributed by atoms with Gasteiger partial charge in [-0.15, -0.1) is 11.3 Å². The highest BCUT2D eigenvalue weighted by molar-refractivity contribution is 7.17. The molecule has 0 fully saturated rings. The van der Waals surface area contributed by atoms with Gasteiger partial charge in [0, 0.05) is 4.88 Å². The number of likely N-dealkylation sites (N-methyl/N-ethyl adjacent to an activating group) is 1. The number of quaternary nitrogens is 2. The van der Waals surface area contributed by atoms with Gasteiger partial charge in [-0.3, -0.25) is 4.79 Å². The summed E-state index contributed by atoms with van der Waals surface area (Å²) in [6, 6.07) is 0. The van der Waals surface area contributed by atoms with Crippen molar-refractivity contribution in [3.05, 3.63) is 16.0 Å². The minimum atomic E-state index is -0.311. The van der Waals surface area contributed by atoms with Crippen LogP contribution in [0, 0.1) is 5.92 Å². The molecule has 0 saturated heterocycles. The largest absolute Gasteiger partial charge is 0.462 e. The second kappa shape index (κ2) is 10.8. The van der Waals surface area contributed by atoms with Gasteiger partial charge in [-0.2, -0.15) is 0 Å². The molecule has 6 nitrogen and oxygen atoms in total. The van der Waals surface area contributed by atoms with Crippen LogP contribution in [0.25, 0.3) is 0 Å². The van der Waals surface area contributed by atoms with Gasteiger partial charge in [-0.1, -0.05) is 6.92 Å². The van der Waals surface area contributed by atoms with Crippen LogP contribution in [0.3, 0.4) is 0 Å². The summed E-state index contributed by atoms with van der Waals surface area (Å²) < 4.78 is 5.26. The first-order valence-electron chi connectivity index (χ1n) is 10.3. The summed E-state index contributed by atoms with van der Waals surface area (Å²) in [7, 11) is 0. The number of carbonyl (C=O) groups excluding carboxylic acids is 2. The average Bonchev–Trinajstić information content (AvgIpc) is 2.98. The van der Waals surface area contributed by atoms with Gasteiger partial charge in [0.25, 0.3) is 5.91 Å². The molecular formula is C20H35N3O3S+2. The van der Waals surface area contributed by atoms with E-state index in [2.05, 4.69) is 26.1 Å². The van der Waals surface area contributed by atoms with Crippen molar-refractivity contribution in [1.29, 1.82) is 0 Å². The number of carbonyl (C=O) groups is 2. The number of anilines is 1. The molecule has 0 bridgehead atoms. The van der Waals surface area contributed by atoms with Gasteiger partial charge in [-0.05, 0) is 51.5 Å². The lowest BCUT2D eigenvalue weighted by molar-refractivity contribution is -0.908. The number of ether oxygens (including phenoxy) is 1. The van der Waals surface area contributed by atoms with Crippen LogP contribution < -0.4 is 15.5 Å². The molecule has 152 valence electrons. The van der Waals surface area contributed by atoms with E-state index in [-0.39, 0.29) is 11.9 Å². The van der Waals surface area contributed by atoms with Gasteiger partial charge in [-0.25, -0.2) is 4.79 Å². The van der Waals surface area contributed by atoms with E-state index >= 15 is 0 Å². The van der Waals surface area contributed by atoms with E-state index in [4.69, 9.17) is 4.74 Å². The van der Waals surface area contributed by atoms with Gasteiger partial charge >= 0.3 is 5.97 Å². The van der Waals surface area contributed by atoms with Gasteiger partial charge < -0.3 is 20.3 Å². The molecule has 27 heavy (non-hydrogen) atoms. The van der Waals surface area contributed by atoms with Gasteiger partial charge in [0.15, 0.2) is 6.54 Å². The molecule has 1 aliphatic rings. The molecule has 0 unspecified atom stereocenters. The molecule has 0 aliphatic heterocycles. The first kappa shape index (κ1) is 21.9. The molecular weight excluding hydrogens is 362 g/mol. The molecule has 1 atom stereocenters. The molecule has 7 heteroatoms. The Labute approximate surface area is 166 Å². The molecule has 1 amide bonds. The van der Waals surface area contributed by atoms with Crippen LogP contribution in [0.4, 0.5) is 5.00 Å². The summed E-state index contributed by atoms with van der Waals surface area (Å²) in [6.07, 6.45) is 2.93. The zero-order valence-electron chi connectivity index (χ0n) is 17.2. The monoisotopic (exact) mass is 397 g/mol. The van der Waals surface area contributed by atoms with Crippen LogP contribution in [-0.4, -0.2) is 51.2 Å². The van der Waals surface area contributed by atoms with E-state index in [1.54, 1.807) is 11.3 Å². The summed E-state index contributed by atoms with van der Waals surface area (Å²) in [6.45, 7) is 13.3. The first-order valence-corrected chi connectivity index (χ1v) is 11.1. The number of hydrogen-bond donors (Lipinski definition) is 3. The minimum Gasteiger partial charge on any atom is -0.462 e. The molecule has 4 N–H and O–H groups in total. The van der Waals surface area contributed by atoms with Gasteiger partial charge in [0.1, 0.15) is 18.1 Å². The normalized spacial score (nSPS) is 16.3. The standard InChI is InChI=1S/C20H33N3O3S/c1-5-23(6-2)11-10-21-13-17(24)22-19-18(20(25)26-7-3)15-9-8-14(4)12-16(15)27-19/h14,21H,5-13H2,1-4H3,(H,22,24)/p+2/t14-/m1/s1. The Bertz CT molecular complexity index is 641. The fourth-order valence-electron chi connectivity index (χ4n) is 3.58. The fourth-order valence-corrected chi connectivity index (χ4v) is 4.99. The lowest BCUT2D eigenvalue weighted by Crippen LogP contribution is -3.14. The second-order valence-corrected chi connectivity index (χ2v) is 8.42. The number of amides is 1. The Balaban J connectivity index is 2.00. The maximum absolute atomic E-state index is 12.5. The van der Waals surface area contributed by atoms with Crippen molar-refractivity contribution >= 4 is 28.2 Å². The average molecular weight is 398 g/mol. The third-order valence-corrected chi connectivity index (χ3v) is 6.45. The van der Waals surface area contributed by atoms with Crippen LogP contribution in [-0.2, 0) is 22.4 Å². The van der Waals surface area contributed by atoms with Crippen molar-refractivity contribution in [2.45, 2.75) is 47.0 Å². The smallest absolute Gasteiger partial charge is 0.341 e.